The third-order valence-electron chi connectivity index (χ3n) is 2.46. The highest BCUT2D eigenvalue weighted by Gasteiger charge is 2.15. The summed E-state index contributed by atoms with van der Waals surface area (Å²) in [6, 6.07) is 1.90. The molecule has 5 heteroatoms. The quantitative estimate of drug-likeness (QED) is 0.847. The minimum Gasteiger partial charge on any atom is -0.315 e. The number of aromatic nitrogens is 1. The van der Waals surface area contributed by atoms with Crippen LogP contribution in [0.25, 0.3) is 0 Å². The van der Waals surface area contributed by atoms with E-state index in [1.807, 2.05) is 13.0 Å². The van der Waals surface area contributed by atoms with E-state index in [0.717, 1.165) is 23.8 Å². The molecule has 2 rings (SSSR count). The lowest BCUT2D eigenvalue weighted by molar-refractivity contribution is -0.117. The standard InChI is InChI=1S/C10H15N3OS/c1-8-6-10(15-12-8)11-9(14)7-13-4-2-3-5-13/h6H,2-5,7H2,1H3,(H,11,14). The Bertz CT molecular complexity index is 344. The molecular formula is C10H15N3OS. The summed E-state index contributed by atoms with van der Waals surface area (Å²) in [5, 5.41) is 3.71. The maximum atomic E-state index is 11.6. The van der Waals surface area contributed by atoms with Gasteiger partial charge in [-0.3, -0.25) is 9.69 Å². The van der Waals surface area contributed by atoms with Crippen LogP contribution in [-0.2, 0) is 4.79 Å². The maximum absolute atomic E-state index is 11.6. The monoisotopic (exact) mass is 225 g/mol. The van der Waals surface area contributed by atoms with Crippen LogP contribution in [0.2, 0.25) is 0 Å². The van der Waals surface area contributed by atoms with Crippen LogP contribution < -0.4 is 5.32 Å². The molecule has 0 aliphatic carbocycles. The second-order valence-electron chi connectivity index (χ2n) is 3.86. The van der Waals surface area contributed by atoms with Gasteiger partial charge in [-0.05, 0) is 50.5 Å². The van der Waals surface area contributed by atoms with Gasteiger partial charge in [0.05, 0.1) is 12.2 Å². The Morgan fingerprint density at radius 2 is 2.33 bits per heavy atom. The predicted molar refractivity (Wildman–Crippen MR) is 61.2 cm³/mol. The van der Waals surface area contributed by atoms with Gasteiger partial charge in [0.2, 0.25) is 5.91 Å². The second-order valence-corrected chi connectivity index (χ2v) is 4.67. The van der Waals surface area contributed by atoms with Crippen molar-refractivity contribution in [1.82, 2.24) is 9.27 Å². The third-order valence-corrected chi connectivity index (χ3v) is 3.25. The van der Waals surface area contributed by atoms with Crippen LogP contribution in [0.5, 0.6) is 0 Å². The van der Waals surface area contributed by atoms with E-state index in [1.54, 1.807) is 0 Å². The summed E-state index contributed by atoms with van der Waals surface area (Å²) in [6.07, 6.45) is 2.43. The Hall–Kier alpha value is -0.940. The molecule has 2 heterocycles. The lowest BCUT2D eigenvalue weighted by atomic mass is 10.4. The van der Waals surface area contributed by atoms with E-state index in [0.29, 0.717) is 6.54 Å². The summed E-state index contributed by atoms with van der Waals surface area (Å²) >= 11 is 1.34. The van der Waals surface area contributed by atoms with E-state index < -0.39 is 0 Å². The summed E-state index contributed by atoms with van der Waals surface area (Å²) in [4.78, 5) is 13.8. The third kappa shape index (κ3) is 3.00. The molecule has 1 fully saturated rings. The first-order chi connectivity index (χ1) is 7.24. The van der Waals surface area contributed by atoms with E-state index in [9.17, 15) is 4.79 Å². The first kappa shape index (κ1) is 10.6. The Morgan fingerprint density at radius 1 is 1.60 bits per heavy atom. The van der Waals surface area contributed by atoms with Crippen molar-refractivity contribution < 1.29 is 4.79 Å². The highest BCUT2D eigenvalue weighted by atomic mass is 32.1. The van der Waals surface area contributed by atoms with Gasteiger partial charge in [-0.15, -0.1) is 0 Å². The van der Waals surface area contributed by atoms with Crippen LogP contribution in [0.15, 0.2) is 6.07 Å². The van der Waals surface area contributed by atoms with E-state index >= 15 is 0 Å². The van der Waals surface area contributed by atoms with Gasteiger partial charge >= 0.3 is 0 Å². The van der Waals surface area contributed by atoms with E-state index in [2.05, 4.69) is 14.6 Å². The first-order valence-corrected chi connectivity index (χ1v) is 5.97. The number of hydrogen-bond acceptors (Lipinski definition) is 4. The van der Waals surface area contributed by atoms with Gasteiger partial charge < -0.3 is 5.32 Å². The van der Waals surface area contributed by atoms with Gasteiger partial charge in [-0.1, -0.05) is 0 Å². The van der Waals surface area contributed by atoms with Crippen molar-refractivity contribution in [2.24, 2.45) is 0 Å². The van der Waals surface area contributed by atoms with Crippen molar-refractivity contribution in [2.75, 3.05) is 25.0 Å². The van der Waals surface area contributed by atoms with E-state index in [1.165, 1.54) is 24.4 Å². The number of nitrogens with one attached hydrogen (secondary N) is 1. The molecule has 0 bridgehead atoms. The molecule has 15 heavy (non-hydrogen) atoms. The highest BCUT2D eigenvalue weighted by Crippen LogP contribution is 2.15. The topological polar surface area (TPSA) is 45.2 Å². The molecule has 0 radical (unpaired) electrons. The van der Waals surface area contributed by atoms with Gasteiger partial charge in [0, 0.05) is 0 Å². The number of carbonyl (C=O) groups excluding carboxylic acids is 1. The molecule has 1 amide bonds. The fraction of sp³-hybridized carbons (Fsp3) is 0.600. The molecular weight excluding hydrogens is 210 g/mol. The predicted octanol–water partition coefficient (Wildman–Crippen LogP) is 1.49. The van der Waals surface area contributed by atoms with Crippen LogP contribution in [0.1, 0.15) is 18.5 Å². The van der Waals surface area contributed by atoms with Crippen LogP contribution >= 0.6 is 11.5 Å². The number of anilines is 1. The zero-order chi connectivity index (χ0) is 10.7. The van der Waals surface area contributed by atoms with Crippen LogP contribution in [-0.4, -0.2) is 34.8 Å². The van der Waals surface area contributed by atoms with Gasteiger partial charge in [0.15, 0.2) is 0 Å². The molecule has 0 aromatic carbocycles. The molecule has 1 aliphatic rings. The lowest BCUT2D eigenvalue weighted by Crippen LogP contribution is -2.30. The van der Waals surface area contributed by atoms with Crippen molar-refractivity contribution in [3.63, 3.8) is 0 Å². The fourth-order valence-electron chi connectivity index (χ4n) is 1.74. The molecule has 0 saturated carbocycles. The number of aryl methyl sites for hydroxylation is 1. The highest BCUT2D eigenvalue weighted by molar-refractivity contribution is 7.10. The summed E-state index contributed by atoms with van der Waals surface area (Å²) < 4.78 is 4.11. The minimum atomic E-state index is 0.0700. The summed E-state index contributed by atoms with van der Waals surface area (Å²) in [7, 11) is 0. The van der Waals surface area contributed by atoms with Crippen molar-refractivity contribution >= 4 is 22.4 Å². The van der Waals surface area contributed by atoms with Crippen LogP contribution in [0.4, 0.5) is 5.00 Å². The normalized spacial score (nSPS) is 16.9. The summed E-state index contributed by atoms with van der Waals surface area (Å²) in [5.74, 6) is 0.0700. The average Bonchev–Trinajstić information content (AvgIpc) is 2.77. The van der Waals surface area contributed by atoms with Gasteiger partial charge in [-0.2, -0.15) is 4.37 Å². The maximum Gasteiger partial charge on any atom is 0.239 e. The molecule has 4 nitrogen and oxygen atoms in total. The number of hydrogen-bond donors (Lipinski definition) is 1. The van der Waals surface area contributed by atoms with Crippen molar-refractivity contribution in [1.29, 1.82) is 0 Å². The Kier molecular flexibility index (Phi) is 3.33. The first-order valence-electron chi connectivity index (χ1n) is 5.19. The van der Waals surface area contributed by atoms with Crippen molar-refractivity contribution in [2.45, 2.75) is 19.8 Å². The van der Waals surface area contributed by atoms with Gasteiger partial charge in [-0.25, -0.2) is 0 Å². The smallest absolute Gasteiger partial charge is 0.239 e. The number of likely N-dealkylation sites (tertiary alicyclic amines) is 1. The molecule has 0 atom stereocenters. The number of carbonyl (C=O) groups is 1. The lowest BCUT2D eigenvalue weighted by Gasteiger charge is -2.12. The number of nitrogens with zero attached hydrogens (tertiary/aromatic N) is 2. The van der Waals surface area contributed by atoms with Gasteiger partial charge in [0.25, 0.3) is 0 Å². The van der Waals surface area contributed by atoms with Crippen molar-refractivity contribution in [3.05, 3.63) is 11.8 Å². The Balaban J connectivity index is 1.81. The molecule has 1 aliphatic heterocycles. The van der Waals surface area contributed by atoms with E-state index in [-0.39, 0.29) is 5.91 Å². The molecule has 0 spiro atoms. The zero-order valence-electron chi connectivity index (χ0n) is 8.82. The van der Waals surface area contributed by atoms with Crippen LogP contribution in [0.3, 0.4) is 0 Å². The molecule has 82 valence electrons. The Morgan fingerprint density at radius 3 is 2.93 bits per heavy atom. The summed E-state index contributed by atoms with van der Waals surface area (Å²) in [6.45, 7) is 4.54. The molecule has 0 unspecified atom stereocenters. The zero-order valence-corrected chi connectivity index (χ0v) is 9.64. The Labute approximate surface area is 93.5 Å². The van der Waals surface area contributed by atoms with Gasteiger partial charge in [0.1, 0.15) is 5.00 Å². The largest absolute Gasteiger partial charge is 0.315 e. The molecule has 1 aromatic heterocycles. The minimum absolute atomic E-state index is 0.0700. The number of rotatable bonds is 3. The molecule has 1 saturated heterocycles. The van der Waals surface area contributed by atoms with E-state index in [4.69, 9.17) is 0 Å². The van der Waals surface area contributed by atoms with Crippen LogP contribution in [0, 0.1) is 6.92 Å². The molecule has 1 N–H and O–H groups in total. The summed E-state index contributed by atoms with van der Waals surface area (Å²) in [5.41, 5.74) is 0.955. The van der Waals surface area contributed by atoms with Crippen molar-refractivity contribution in [3.8, 4) is 0 Å². The second kappa shape index (κ2) is 4.72. The average molecular weight is 225 g/mol. The molecule has 1 aromatic rings. The fourth-order valence-corrected chi connectivity index (χ4v) is 2.42. The number of amides is 1. The SMILES string of the molecule is Cc1cc(NC(=O)CN2CCCC2)sn1.